The average molecular weight is 538 g/mol. The number of fused-ring (bicyclic) bond motifs is 2. The molecule has 0 radical (unpaired) electrons. The Balaban J connectivity index is 1.40. The summed E-state index contributed by atoms with van der Waals surface area (Å²) in [5, 5.41) is 5.53. The number of thioether (sulfide) groups is 1. The summed E-state index contributed by atoms with van der Waals surface area (Å²) in [4.78, 5) is 32.5. The van der Waals surface area contributed by atoms with E-state index in [-0.39, 0.29) is 19.1 Å². The lowest BCUT2D eigenvalue weighted by Gasteiger charge is -2.36. The highest BCUT2D eigenvalue weighted by atomic mass is 32.2. The van der Waals surface area contributed by atoms with E-state index >= 15 is 0 Å². The molecule has 0 bridgehead atoms. The lowest BCUT2D eigenvalue weighted by atomic mass is 9.93. The molecule has 0 spiro atoms. The molecule has 0 aromatic heterocycles. The third kappa shape index (κ3) is 4.76. The number of ether oxygens (including phenoxy) is 5. The maximum absolute atomic E-state index is 13.0. The highest BCUT2D eigenvalue weighted by molar-refractivity contribution is 8.16. The van der Waals surface area contributed by atoms with Gasteiger partial charge < -0.3 is 33.9 Å². The van der Waals surface area contributed by atoms with Crippen LogP contribution in [0.5, 0.6) is 23.0 Å². The number of methoxy groups -OCH3 is 3. The second-order valence-corrected chi connectivity index (χ2v) is 9.48. The van der Waals surface area contributed by atoms with Gasteiger partial charge in [0.05, 0.1) is 45.1 Å². The highest BCUT2D eigenvalue weighted by Crippen LogP contribution is 2.46. The molecule has 198 valence electrons. The van der Waals surface area contributed by atoms with Crippen LogP contribution in [0, 0.1) is 0 Å². The van der Waals surface area contributed by atoms with E-state index < -0.39 is 12.0 Å². The fourth-order valence-electron chi connectivity index (χ4n) is 4.56. The van der Waals surface area contributed by atoms with Crippen molar-refractivity contribution in [3.63, 3.8) is 0 Å². The van der Waals surface area contributed by atoms with E-state index in [0.717, 1.165) is 11.1 Å². The van der Waals surface area contributed by atoms with E-state index in [1.807, 2.05) is 40.6 Å². The van der Waals surface area contributed by atoms with Crippen LogP contribution in [0.3, 0.4) is 0 Å². The number of esters is 1. The molecular weight excluding hydrogens is 510 g/mol. The van der Waals surface area contributed by atoms with Crippen LogP contribution >= 0.6 is 11.8 Å². The van der Waals surface area contributed by atoms with Crippen LogP contribution in [-0.2, 0) is 20.9 Å². The number of hydrogen-bond donors (Lipinski definition) is 1. The number of benzene rings is 2. The van der Waals surface area contributed by atoms with Crippen LogP contribution < -0.4 is 24.3 Å². The topological polar surface area (TPSA) is 108 Å². The van der Waals surface area contributed by atoms with Gasteiger partial charge in [0.2, 0.25) is 12.7 Å². The van der Waals surface area contributed by atoms with Gasteiger partial charge in [0.15, 0.2) is 28.2 Å². The minimum absolute atomic E-state index is 0.0911. The number of carbonyl (C=O) groups excluding carboxylic acids is 2. The number of amides is 1. The molecule has 5 rings (SSSR count). The van der Waals surface area contributed by atoms with E-state index in [4.69, 9.17) is 23.7 Å². The second-order valence-electron chi connectivity index (χ2n) is 8.64. The lowest BCUT2D eigenvalue weighted by molar-refractivity contribution is -0.136. The Labute approximate surface area is 224 Å². The number of allylic oxidation sites excluding steroid dienone is 1. The van der Waals surface area contributed by atoms with Gasteiger partial charge in [-0.05, 0) is 47.7 Å². The van der Waals surface area contributed by atoms with Gasteiger partial charge in [0.1, 0.15) is 0 Å². The van der Waals surface area contributed by atoms with Crippen LogP contribution in [-0.4, -0.2) is 50.1 Å². The smallest absolute Gasteiger partial charge is 0.338 e. The molecule has 3 aliphatic rings. The minimum atomic E-state index is -0.572. The molecule has 0 aliphatic carbocycles. The Morgan fingerprint density at radius 2 is 1.87 bits per heavy atom. The highest BCUT2D eigenvalue weighted by Gasteiger charge is 2.41. The summed E-state index contributed by atoms with van der Waals surface area (Å²) in [5.41, 5.74) is 3.32. The SMILES string of the molecule is COC(=O)C1=C(C)N=C2SC=C(CC(=O)NCc3ccc4c(c3)OCO4)N2C1c1ccc(OC)c(OC)c1. The monoisotopic (exact) mass is 537 g/mol. The number of rotatable bonds is 8. The molecule has 0 fully saturated rings. The van der Waals surface area contributed by atoms with Gasteiger partial charge in [0, 0.05) is 12.2 Å². The quantitative estimate of drug-likeness (QED) is 0.502. The Morgan fingerprint density at radius 1 is 1.08 bits per heavy atom. The molecule has 0 saturated heterocycles. The van der Waals surface area contributed by atoms with Crippen LogP contribution in [0.4, 0.5) is 0 Å². The van der Waals surface area contributed by atoms with Crippen LogP contribution in [0.25, 0.3) is 0 Å². The molecule has 1 amide bonds. The maximum Gasteiger partial charge on any atom is 0.338 e. The fraction of sp³-hybridized carbons (Fsp3) is 0.296. The van der Waals surface area contributed by atoms with Gasteiger partial charge in [-0.3, -0.25) is 4.79 Å². The maximum atomic E-state index is 13.0. The molecule has 3 aliphatic heterocycles. The van der Waals surface area contributed by atoms with Crippen LogP contribution in [0.1, 0.15) is 30.5 Å². The molecule has 11 heteroatoms. The molecule has 10 nitrogen and oxygen atoms in total. The summed E-state index contributed by atoms with van der Waals surface area (Å²) < 4.78 is 26.8. The largest absolute Gasteiger partial charge is 0.493 e. The second kappa shape index (κ2) is 10.7. The third-order valence-electron chi connectivity index (χ3n) is 6.40. The van der Waals surface area contributed by atoms with Crippen molar-refractivity contribution in [1.82, 2.24) is 10.2 Å². The fourth-order valence-corrected chi connectivity index (χ4v) is 5.52. The summed E-state index contributed by atoms with van der Waals surface area (Å²) in [6, 6.07) is 10.5. The normalized spacial score (nSPS) is 17.5. The lowest BCUT2D eigenvalue weighted by Crippen LogP contribution is -2.37. The van der Waals surface area contributed by atoms with Gasteiger partial charge in [0.25, 0.3) is 0 Å². The van der Waals surface area contributed by atoms with Crippen molar-refractivity contribution in [2.45, 2.75) is 25.9 Å². The molecule has 3 heterocycles. The first-order valence-corrected chi connectivity index (χ1v) is 12.7. The van der Waals surface area contributed by atoms with Crippen molar-refractivity contribution < 1.29 is 33.3 Å². The molecule has 1 unspecified atom stereocenters. The molecule has 1 N–H and O–H groups in total. The van der Waals surface area contributed by atoms with Crippen molar-refractivity contribution in [2.75, 3.05) is 28.1 Å². The summed E-state index contributed by atoms with van der Waals surface area (Å²) >= 11 is 1.41. The van der Waals surface area contributed by atoms with Gasteiger partial charge in [-0.2, -0.15) is 0 Å². The van der Waals surface area contributed by atoms with E-state index in [9.17, 15) is 9.59 Å². The van der Waals surface area contributed by atoms with Crippen molar-refractivity contribution in [3.05, 3.63) is 69.9 Å². The van der Waals surface area contributed by atoms with Gasteiger partial charge in [-0.25, -0.2) is 9.79 Å². The Hall–Kier alpha value is -4.12. The first-order valence-electron chi connectivity index (χ1n) is 11.8. The minimum Gasteiger partial charge on any atom is -0.493 e. The standard InChI is InChI=1S/C27H27N3O7S/c1-15-24(26(32)35-4)25(17-6-8-19(33-2)21(10-17)34-3)30-18(13-38-27(30)29-15)11-23(31)28-12-16-5-7-20-22(9-16)37-14-36-20/h5-10,13,25H,11-12,14H2,1-4H3,(H,28,31). The Bertz CT molecular complexity index is 1380. The number of nitrogens with one attached hydrogen (secondary N) is 1. The average Bonchev–Trinajstić information content (AvgIpc) is 3.56. The number of hydrogen-bond acceptors (Lipinski definition) is 10. The summed E-state index contributed by atoms with van der Waals surface area (Å²) in [6.07, 6.45) is 0.0911. The zero-order chi connectivity index (χ0) is 26.8. The van der Waals surface area contributed by atoms with Gasteiger partial charge in [-0.1, -0.05) is 23.9 Å². The predicted molar refractivity (Wildman–Crippen MR) is 141 cm³/mol. The number of amidine groups is 1. The molecule has 38 heavy (non-hydrogen) atoms. The summed E-state index contributed by atoms with van der Waals surface area (Å²) in [7, 11) is 4.46. The molecule has 0 saturated carbocycles. The summed E-state index contributed by atoms with van der Waals surface area (Å²) in [6.45, 7) is 2.31. The van der Waals surface area contributed by atoms with Crippen LogP contribution in [0.15, 0.2) is 63.8 Å². The zero-order valence-corrected chi connectivity index (χ0v) is 22.2. The first-order chi connectivity index (χ1) is 18.4. The molecular formula is C27H27N3O7S. The Morgan fingerprint density at radius 3 is 2.63 bits per heavy atom. The van der Waals surface area contributed by atoms with Crippen molar-refractivity contribution in [3.8, 4) is 23.0 Å². The molecule has 2 aromatic carbocycles. The number of carbonyl (C=O) groups is 2. The van der Waals surface area contributed by atoms with E-state index in [1.165, 1.54) is 18.9 Å². The zero-order valence-electron chi connectivity index (χ0n) is 21.4. The number of nitrogens with zero attached hydrogens (tertiary/aromatic N) is 2. The number of aliphatic imine (C=N–C) groups is 1. The molecule has 2 aromatic rings. The van der Waals surface area contributed by atoms with Crippen molar-refractivity contribution in [1.29, 1.82) is 0 Å². The molecule has 1 atom stereocenters. The van der Waals surface area contributed by atoms with Gasteiger partial charge >= 0.3 is 5.97 Å². The van der Waals surface area contributed by atoms with E-state index in [2.05, 4.69) is 10.3 Å². The van der Waals surface area contributed by atoms with Crippen LogP contribution in [0.2, 0.25) is 0 Å². The first kappa shape index (κ1) is 25.5. The van der Waals surface area contributed by atoms with E-state index in [0.29, 0.717) is 51.7 Å². The van der Waals surface area contributed by atoms with E-state index in [1.54, 1.807) is 27.2 Å². The van der Waals surface area contributed by atoms with Crippen molar-refractivity contribution >= 4 is 28.8 Å². The predicted octanol–water partition coefficient (Wildman–Crippen LogP) is 3.89. The third-order valence-corrected chi connectivity index (χ3v) is 7.29. The van der Waals surface area contributed by atoms with Crippen molar-refractivity contribution in [2.24, 2.45) is 4.99 Å². The Kier molecular flexibility index (Phi) is 7.19. The summed E-state index contributed by atoms with van der Waals surface area (Å²) in [5.74, 6) is 1.78. The van der Waals surface area contributed by atoms with Gasteiger partial charge in [-0.15, -0.1) is 0 Å².